The van der Waals surface area contributed by atoms with Gasteiger partial charge < -0.3 is 13.9 Å². The minimum absolute atomic E-state index is 0.111. The molecule has 0 saturated carbocycles. The molecule has 44 heavy (non-hydrogen) atoms. The van der Waals surface area contributed by atoms with Gasteiger partial charge in [0.25, 0.3) is 0 Å². The Kier molecular flexibility index (Phi) is 5.70. The van der Waals surface area contributed by atoms with Gasteiger partial charge in [-0.05, 0) is 120 Å². The number of rotatable bonds is 2. The second-order valence-electron chi connectivity index (χ2n) is 15.5. The van der Waals surface area contributed by atoms with Gasteiger partial charge in [0, 0.05) is 16.5 Å². The first-order valence-corrected chi connectivity index (χ1v) is 16.2. The van der Waals surface area contributed by atoms with E-state index in [2.05, 4.69) is 145 Å². The highest BCUT2D eigenvalue weighted by atomic mass is 16.7. The predicted octanol–water partition coefficient (Wildman–Crippen LogP) is 9.74. The van der Waals surface area contributed by atoms with E-state index in [9.17, 15) is 0 Å². The molecular weight excluding hydrogens is 537 g/mol. The number of nitrogens with zero attached hydrogens (tertiary/aromatic N) is 1. The molecule has 3 nitrogen and oxygen atoms in total. The number of fused-ring (bicyclic) bond motifs is 7. The normalized spacial score (nSPS) is 20.1. The Hall–Kier alpha value is -3.60. The van der Waals surface area contributed by atoms with Gasteiger partial charge in [-0.15, -0.1) is 0 Å². The molecule has 0 amide bonds. The van der Waals surface area contributed by atoms with Gasteiger partial charge >= 0.3 is 7.12 Å². The predicted molar refractivity (Wildman–Crippen MR) is 187 cm³/mol. The number of aromatic nitrogens is 1. The van der Waals surface area contributed by atoms with E-state index in [0.29, 0.717) is 0 Å². The molecule has 1 aromatic heterocycles. The van der Waals surface area contributed by atoms with Crippen molar-refractivity contribution in [2.45, 2.75) is 90.3 Å². The van der Waals surface area contributed by atoms with Crippen molar-refractivity contribution in [1.29, 1.82) is 0 Å². The zero-order valence-electron chi connectivity index (χ0n) is 27.3. The molecule has 1 aliphatic heterocycles. The summed E-state index contributed by atoms with van der Waals surface area (Å²) in [4.78, 5) is 0. The van der Waals surface area contributed by atoms with Gasteiger partial charge in [0.1, 0.15) is 0 Å². The summed E-state index contributed by atoms with van der Waals surface area (Å²) < 4.78 is 15.8. The van der Waals surface area contributed by atoms with Crippen LogP contribution in [-0.2, 0) is 20.1 Å². The average molecular weight is 580 g/mol. The molecule has 1 fully saturated rings. The van der Waals surface area contributed by atoms with Gasteiger partial charge in [-0.2, -0.15) is 0 Å². The Morgan fingerprint density at radius 2 is 1.16 bits per heavy atom. The average Bonchev–Trinajstić information content (AvgIpc) is 3.43. The van der Waals surface area contributed by atoms with E-state index in [1.165, 1.54) is 67.3 Å². The van der Waals surface area contributed by atoms with Gasteiger partial charge in [-0.3, -0.25) is 0 Å². The van der Waals surface area contributed by atoms with E-state index in [-0.39, 0.29) is 10.8 Å². The number of hydrogen-bond donors (Lipinski definition) is 0. The minimum Gasteiger partial charge on any atom is -0.399 e. The fourth-order valence-electron chi connectivity index (χ4n) is 7.74. The molecule has 0 spiro atoms. The molecule has 1 aliphatic carbocycles. The third kappa shape index (κ3) is 3.90. The first-order chi connectivity index (χ1) is 20.8. The maximum atomic E-state index is 6.66. The topological polar surface area (TPSA) is 23.4 Å². The molecule has 0 N–H and O–H groups in total. The largest absolute Gasteiger partial charge is 0.495 e. The summed E-state index contributed by atoms with van der Waals surface area (Å²) in [5.41, 5.74) is 7.07. The van der Waals surface area contributed by atoms with Crippen LogP contribution >= 0.6 is 0 Å². The van der Waals surface area contributed by atoms with Gasteiger partial charge in [0.15, 0.2) is 0 Å². The Bertz CT molecular complexity index is 2130. The van der Waals surface area contributed by atoms with Crippen LogP contribution in [0.4, 0.5) is 0 Å². The van der Waals surface area contributed by atoms with Crippen LogP contribution in [0, 0.1) is 0 Å². The summed E-state index contributed by atoms with van der Waals surface area (Å²) in [6, 6.07) is 31.8. The summed E-state index contributed by atoms with van der Waals surface area (Å²) in [5.74, 6) is 0. The molecule has 4 heteroatoms. The Morgan fingerprint density at radius 3 is 1.84 bits per heavy atom. The molecule has 0 unspecified atom stereocenters. The SMILES string of the molecule is CC1(C)CCC(C)(C)c2cc3c(cc21)c1c2ccccc2ccc1n3-c1cc(B2OC(C)(C)C(C)(C)O2)c2ccccc2c1. The highest BCUT2D eigenvalue weighted by molar-refractivity contribution is 6.65. The third-order valence-corrected chi connectivity index (χ3v) is 11.3. The Morgan fingerprint density at radius 1 is 0.568 bits per heavy atom. The van der Waals surface area contributed by atoms with Crippen molar-refractivity contribution in [3.63, 3.8) is 0 Å². The number of hydrogen-bond acceptors (Lipinski definition) is 2. The Labute approximate surface area is 261 Å². The van der Waals surface area contributed by atoms with Crippen LogP contribution in [0.1, 0.15) is 79.4 Å². The lowest BCUT2D eigenvalue weighted by Gasteiger charge is -2.42. The number of benzene rings is 5. The van der Waals surface area contributed by atoms with Crippen LogP contribution in [0.2, 0.25) is 0 Å². The maximum absolute atomic E-state index is 6.66. The van der Waals surface area contributed by atoms with Crippen molar-refractivity contribution >= 4 is 55.9 Å². The van der Waals surface area contributed by atoms with E-state index in [4.69, 9.17) is 9.31 Å². The van der Waals surface area contributed by atoms with Crippen molar-refractivity contribution in [3.05, 3.63) is 96.1 Å². The van der Waals surface area contributed by atoms with Crippen molar-refractivity contribution < 1.29 is 9.31 Å². The molecule has 6 aromatic rings. The van der Waals surface area contributed by atoms with Crippen LogP contribution in [0.3, 0.4) is 0 Å². The van der Waals surface area contributed by atoms with Crippen LogP contribution in [-0.4, -0.2) is 22.9 Å². The monoisotopic (exact) mass is 579 g/mol. The highest BCUT2D eigenvalue weighted by Crippen LogP contribution is 2.49. The van der Waals surface area contributed by atoms with Crippen LogP contribution in [0.5, 0.6) is 0 Å². The lowest BCUT2D eigenvalue weighted by Crippen LogP contribution is -2.41. The molecule has 1 saturated heterocycles. The highest BCUT2D eigenvalue weighted by Gasteiger charge is 2.52. The molecule has 0 atom stereocenters. The minimum atomic E-state index is -0.453. The summed E-state index contributed by atoms with van der Waals surface area (Å²) in [6.07, 6.45) is 2.38. The summed E-state index contributed by atoms with van der Waals surface area (Å²) in [7, 11) is -0.453. The lowest BCUT2D eigenvalue weighted by molar-refractivity contribution is 0.00578. The van der Waals surface area contributed by atoms with Gasteiger partial charge in [-0.1, -0.05) is 82.3 Å². The molecule has 0 radical (unpaired) electrons. The summed E-state index contributed by atoms with van der Waals surface area (Å²) in [6.45, 7) is 18.2. The molecule has 222 valence electrons. The maximum Gasteiger partial charge on any atom is 0.495 e. The first-order valence-electron chi connectivity index (χ1n) is 16.2. The molecule has 2 aliphatic rings. The standard InChI is InChI=1S/C40H42BNO2/c1-37(2)19-20-38(3,4)32-24-35-30(23-31(32)37)36-29-16-12-9-13-25(29)17-18-34(36)42(35)27-21-26-14-10-11-15-28(26)33(22-27)41-43-39(5,6)40(7,8)44-41/h9-18,21-24H,19-20H2,1-8H3. The van der Waals surface area contributed by atoms with Crippen molar-refractivity contribution in [2.24, 2.45) is 0 Å². The third-order valence-electron chi connectivity index (χ3n) is 11.3. The molecule has 5 aromatic carbocycles. The second-order valence-corrected chi connectivity index (χ2v) is 15.5. The van der Waals surface area contributed by atoms with Crippen molar-refractivity contribution in [2.75, 3.05) is 0 Å². The zero-order valence-corrected chi connectivity index (χ0v) is 27.3. The van der Waals surface area contributed by atoms with E-state index >= 15 is 0 Å². The molecule has 0 bridgehead atoms. The van der Waals surface area contributed by atoms with Crippen molar-refractivity contribution in [1.82, 2.24) is 4.57 Å². The van der Waals surface area contributed by atoms with E-state index < -0.39 is 18.3 Å². The van der Waals surface area contributed by atoms with Gasteiger partial charge in [-0.25, -0.2) is 0 Å². The first kappa shape index (κ1) is 27.9. The molecule has 2 heterocycles. The van der Waals surface area contributed by atoms with E-state index in [1.54, 1.807) is 0 Å². The fraction of sp³-hybridized carbons (Fsp3) is 0.350. The van der Waals surface area contributed by atoms with Crippen molar-refractivity contribution in [3.8, 4) is 5.69 Å². The summed E-state index contributed by atoms with van der Waals surface area (Å²) in [5, 5.41) is 7.57. The van der Waals surface area contributed by atoms with Crippen LogP contribution < -0.4 is 5.46 Å². The molecular formula is C40H42BNO2. The zero-order chi connectivity index (χ0) is 30.8. The van der Waals surface area contributed by atoms with Crippen LogP contribution in [0.25, 0.3) is 49.0 Å². The summed E-state index contributed by atoms with van der Waals surface area (Å²) >= 11 is 0. The van der Waals surface area contributed by atoms with Gasteiger partial charge in [0.05, 0.1) is 22.2 Å². The van der Waals surface area contributed by atoms with E-state index in [0.717, 1.165) is 11.2 Å². The second kappa shape index (κ2) is 8.99. The fourth-order valence-corrected chi connectivity index (χ4v) is 7.74. The molecule has 8 rings (SSSR count). The smallest absolute Gasteiger partial charge is 0.399 e. The quantitative estimate of drug-likeness (QED) is 0.191. The Balaban J connectivity index is 1.49. The lowest BCUT2D eigenvalue weighted by atomic mass is 9.63. The van der Waals surface area contributed by atoms with Crippen LogP contribution in [0.15, 0.2) is 84.9 Å². The van der Waals surface area contributed by atoms with Gasteiger partial charge in [0.2, 0.25) is 0 Å². The van der Waals surface area contributed by atoms with E-state index in [1.807, 2.05) is 0 Å².